The van der Waals surface area contributed by atoms with Crippen LogP contribution in [0.25, 0.3) is 0 Å². The second kappa shape index (κ2) is 8.96. The molecule has 3 atom stereocenters. The molecule has 0 aromatic heterocycles. The Morgan fingerprint density at radius 3 is 2.69 bits per heavy atom. The van der Waals surface area contributed by atoms with Crippen LogP contribution in [-0.4, -0.2) is 47.6 Å². The molecule has 0 radical (unpaired) electrons. The van der Waals surface area contributed by atoms with E-state index in [2.05, 4.69) is 6.58 Å². The van der Waals surface area contributed by atoms with Gasteiger partial charge in [0.05, 0.1) is 19.1 Å². The first kappa shape index (κ1) is 20.1. The Morgan fingerprint density at radius 1 is 1.38 bits per heavy atom. The second-order valence-corrected chi connectivity index (χ2v) is 6.58. The molecule has 26 heavy (non-hydrogen) atoms. The van der Waals surface area contributed by atoms with Gasteiger partial charge in [0.25, 0.3) is 0 Å². The van der Waals surface area contributed by atoms with Crippen LogP contribution in [0, 0.1) is 5.92 Å². The maximum Gasteiger partial charge on any atom is 0.334 e. The number of aliphatic hydroxyl groups excluding tert-OH is 2. The van der Waals surface area contributed by atoms with E-state index < -0.39 is 30.1 Å². The maximum absolute atomic E-state index is 12.3. The van der Waals surface area contributed by atoms with Gasteiger partial charge in [-0.15, -0.1) is 0 Å². The van der Waals surface area contributed by atoms with Gasteiger partial charge >= 0.3 is 11.9 Å². The first-order chi connectivity index (χ1) is 12.4. The fourth-order valence-corrected chi connectivity index (χ4v) is 3.15. The summed E-state index contributed by atoms with van der Waals surface area (Å²) in [7, 11) is 0. The number of esters is 2. The Labute approximate surface area is 153 Å². The monoisotopic (exact) mass is 362 g/mol. The van der Waals surface area contributed by atoms with E-state index in [1.807, 2.05) is 6.08 Å². The minimum Gasteiger partial charge on any atom is -0.458 e. The molecule has 6 heteroatoms. The van der Waals surface area contributed by atoms with Crippen molar-refractivity contribution in [1.29, 1.82) is 0 Å². The molecule has 0 bridgehead atoms. The summed E-state index contributed by atoms with van der Waals surface area (Å²) >= 11 is 0. The zero-order valence-electron chi connectivity index (χ0n) is 15.2. The van der Waals surface area contributed by atoms with Crippen molar-refractivity contribution < 1.29 is 29.3 Å². The summed E-state index contributed by atoms with van der Waals surface area (Å²) in [5, 5.41) is 19.2. The average Bonchev–Trinajstić information content (AvgIpc) is 2.91. The van der Waals surface area contributed by atoms with E-state index in [1.54, 1.807) is 26.0 Å². The molecule has 0 saturated carbocycles. The van der Waals surface area contributed by atoms with Crippen LogP contribution in [0.4, 0.5) is 0 Å². The van der Waals surface area contributed by atoms with Gasteiger partial charge in [0.1, 0.15) is 12.2 Å². The van der Waals surface area contributed by atoms with Crippen molar-refractivity contribution in [3.8, 4) is 0 Å². The number of aliphatic hydroxyl groups is 2. The standard InChI is InChI=1S/C20H26O6/c1-4-12(2)19(23)25-16-8-14(10-21)6-5-7-15(11-22)9-17-18(16)13(3)20(24)26-17/h4,6,9,16-18,21-22H,3,5,7-8,10-11H2,1-2H3/b12-4-,14-6-,15-9-/t16-,17-,18+/m0/s1. The Morgan fingerprint density at radius 2 is 2.08 bits per heavy atom. The molecule has 0 amide bonds. The summed E-state index contributed by atoms with van der Waals surface area (Å²) in [4.78, 5) is 24.4. The molecule has 1 aliphatic heterocycles. The van der Waals surface area contributed by atoms with Crippen LogP contribution in [0.15, 0.2) is 47.1 Å². The van der Waals surface area contributed by atoms with Crippen LogP contribution < -0.4 is 0 Å². The number of ether oxygens (including phenoxy) is 2. The highest BCUT2D eigenvalue weighted by Crippen LogP contribution is 2.36. The minimum absolute atomic E-state index is 0.155. The smallest absolute Gasteiger partial charge is 0.334 e. The van der Waals surface area contributed by atoms with Crippen molar-refractivity contribution in [3.05, 3.63) is 47.1 Å². The maximum atomic E-state index is 12.3. The molecule has 0 aromatic carbocycles. The van der Waals surface area contributed by atoms with Crippen molar-refractivity contribution in [1.82, 2.24) is 0 Å². The van der Waals surface area contributed by atoms with E-state index >= 15 is 0 Å². The summed E-state index contributed by atoms with van der Waals surface area (Å²) in [5.74, 6) is -1.58. The number of hydrogen-bond acceptors (Lipinski definition) is 6. The molecule has 2 N–H and O–H groups in total. The summed E-state index contributed by atoms with van der Waals surface area (Å²) < 4.78 is 11.1. The molecule has 1 saturated heterocycles. The Kier molecular flexibility index (Phi) is 6.94. The van der Waals surface area contributed by atoms with Gasteiger partial charge in [0.15, 0.2) is 0 Å². The summed E-state index contributed by atoms with van der Waals surface area (Å²) in [6, 6.07) is 0. The van der Waals surface area contributed by atoms with Gasteiger partial charge < -0.3 is 19.7 Å². The fraction of sp³-hybridized carbons (Fsp3) is 0.500. The molecule has 0 aromatic rings. The van der Waals surface area contributed by atoms with Crippen LogP contribution in [-0.2, 0) is 19.1 Å². The van der Waals surface area contributed by atoms with Crippen LogP contribution in [0.2, 0.25) is 0 Å². The van der Waals surface area contributed by atoms with E-state index in [9.17, 15) is 19.8 Å². The van der Waals surface area contributed by atoms with Gasteiger partial charge in [-0.05, 0) is 43.9 Å². The number of rotatable bonds is 4. The zero-order chi connectivity index (χ0) is 19.3. The summed E-state index contributed by atoms with van der Waals surface area (Å²) in [6.45, 7) is 6.88. The molecule has 2 aliphatic rings. The number of hydrogen-bond donors (Lipinski definition) is 2. The quantitative estimate of drug-likeness (QED) is 0.451. The Balaban J connectivity index is 2.43. The predicted molar refractivity (Wildman–Crippen MR) is 96.0 cm³/mol. The Hall–Kier alpha value is -2.18. The van der Waals surface area contributed by atoms with E-state index in [1.165, 1.54) is 0 Å². The van der Waals surface area contributed by atoms with Gasteiger partial charge in [0.2, 0.25) is 0 Å². The first-order valence-electron chi connectivity index (χ1n) is 8.74. The highest BCUT2D eigenvalue weighted by atomic mass is 16.6. The van der Waals surface area contributed by atoms with E-state index in [0.717, 1.165) is 5.57 Å². The van der Waals surface area contributed by atoms with Crippen molar-refractivity contribution in [2.24, 2.45) is 5.92 Å². The molecular formula is C20H26O6. The SMILES string of the molecule is C=C1C(=O)O[C@H]2/C=C(\CO)CC/C=C(\CO)C[C@H](OC(=O)/C(C)=C\C)[C@@H]12. The van der Waals surface area contributed by atoms with Gasteiger partial charge in [-0.2, -0.15) is 0 Å². The lowest BCUT2D eigenvalue weighted by Gasteiger charge is -2.28. The number of allylic oxidation sites excluding steroid dienone is 2. The lowest BCUT2D eigenvalue weighted by atomic mass is 9.85. The van der Waals surface area contributed by atoms with Crippen molar-refractivity contribution in [2.45, 2.75) is 45.3 Å². The van der Waals surface area contributed by atoms with E-state index in [4.69, 9.17) is 9.47 Å². The largest absolute Gasteiger partial charge is 0.458 e. The molecule has 1 heterocycles. The predicted octanol–water partition coefficient (Wildman–Crippen LogP) is 1.98. The molecule has 0 unspecified atom stereocenters. The van der Waals surface area contributed by atoms with Gasteiger partial charge in [-0.25, -0.2) is 9.59 Å². The third-order valence-corrected chi connectivity index (χ3v) is 4.84. The molecule has 142 valence electrons. The normalized spacial score (nSPS) is 31.2. The average molecular weight is 362 g/mol. The molecule has 2 rings (SSSR count). The van der Waals surface area contributed by atoms with Crippen LogP contribution in [0.3, 0.4) is 0 Å². The number of fused-ring (bicyclic) bond motifs is 1. The van der Waals surface area contributed by atoms with Crippen molar-refractivity contribution in [3.63, 3.8) is 0 Å². The number of carbonyl (C=O) groups is 2. The lowest BCUT2D eigenvalue weighted by molar-refractivity contribution is -0.147. The molecule has 1 aliphatic carbocycles. The second-order valence-electron chi connectivity index (χ2n) is 6.58. The highest BCUT2D eigenvalue weighted by Gasteiger charge is 2.44. The third kappa shape index (κ3) is 4.51. The molecular weight excluding hydrogens is 336 g/mol. The fourth-order valence-electron chi connectivity index (χ4n) is 3.15. The van der Waals surface area contributed by atoms with Crippen LogP contribution in [0.1, 0.15) is 33.1 Å². The van der Waals surface area contributed by atoms with Gasteiger partial charge in [0, 0.05) is 17.6 Å². The lowest BCUT2D eigenvalue weighted by Crippen LogP contribution is -2.34. The van der Waals surface area contributed by atoms with Crippen LogP contribution >= 0.6 is 0 Å². The topological polar surface area (TPSA) is 93.1 Å². The van der Waals surface area contributed by atoms with Crippen molar-refractivity contribution in [2.75, 3.05) is 13.2 Å². The number of carbonyl (C=O) groups excluding carboxylic acids is 2. The Bertz CT molecular complexity index is 668. The van der Waals surface area contributed by atoms with Gasteiger partial charge in [-0.1, -0.05) is 18.7 Å². The van der Waals surface area contributed by atoms with E-state index in [0.29, 0.717) is 30.4 Å². The molecule has 1 fully saturated rings. The zero-order valence-corrected chi connectivity index (χ0v) is 15.2. The summed E-state index contributed by atoms with van der Waals surface area (Å²) in [5.41, 5.74) is 2.13. The molecule has 0 spiro atoms. The third-order valence-electron chi connectivity index (χ3n) is 4.84. The first-order valence-corrected chi connectivity index (χ1v) is 8.74. The minimum atomic E-state index is -0.700. The van der Waals surface area contributed by atoms with Crippen LogP contribution in [0.5, 0.6) is 0 Å². The van der Waals surface area contributed by atoms with E-state index in [-0.39, 0.29) is 18.8 Å². The molecule has 6 nitrogen and oxygen atoms in total. The van der Waals surface area contributed by atoms with Crippen molar-refractivity contribution >= 4 is 11.9 Å². The highest BCUT2D eigenvalue weighted by molar-refractivity contribution is 5.92. The van der Waals surface area contributed by atoms with Gasteiger partial charge in [-0.3, -0.25) is 0 Å². The summed E-state index contributed by atoms with van der Waals surface area (Å²) in [6.07, 6.45) is 5.41.